The Balaban J connectivity index is 1.90. The van der Waals surface area contributed by atoms with Gasteiger partial charge in [0.05, 0.1) is 15.7 Å². The van der Waals surface area contributed by atoms with Crippen LogP contribution < -0.4 is 5.32 Å². The molecule has 1 heterocycles. The van der Waals surface area contributed by atoms with Gasteiger partial charge in [-0.3, -0.25) is 0 Å². The van der Waals surface area contributed by atoms with Crippen molar-refractivity contribution in [3.8, 4) is 0 Å². The van der Waals surface area contributed by atoms with Crippen molar-refractivity contribution in [2.45, 2.75) is 33.7 Å². The van der Waals surface area contributed by atoms with Crippen molar-refractivity contribution < 1.29 is 0 Å². The highest BCUT2D eigenvalue weighted by Crippen LogP contribution is 2.28. The maximum Gasteiger partial charge on any atom is 0.0813 e. The number of nitrogens with zero attached hydrogens (tertiary/aromatic N) is 1. The second-order valence-electron chi connectivity index (χ2n) is 5.71. The molecule has 3 rings (SSSR count). The van der Waals surface area contributed by atoms with Crippen LogP contribution in [0.4, 0.5) is 5.69 Å². The predicted molar refractivity (Wildman–Crippen MR) is 92.3 cm³/mol. The van der Waals surface area contributed by atoms with E-state index in [-0.39, 0.29) is 6.04 Å². The number of rotatable bonds is 3. The van der Waals surface area contributed by atoms with Crippen molar-refractivity contribution in [2.75, 3.05) is 5.32 Å². The molecule has 0 spiro atoms. The van der Waals surface area contributed by atoms with Gasteiger partial charge in [0.25, 0.3) is 0 Å². The molecule has 3 heteroatoms. The zero-order chi connectivity index (χ0) is 15.0. The van der Waals surface area contributed by atoms with E-state index in [1.54, 1.807) is 11.3 Å². The fourth-order valence-electron chi connectivity index (χ4n) is 3.14. The Morgan fingerprint density at radius 3 is 2.48 bits per heavy atom. The minimum absolute atomic E-state index is 0.288. The molecule has 0 bridgehead atoms. The maximum absolute atomic E-state index is 4.33. The van der Waals surface area contributed by atoms with Crippen LogP contribution in [0.1, 0.15) is 35.2 Å². The summed E-state index contributed by atoms with van der Waals surface area (Å²) in [6, 6.07) is 11.2. The summed E-state index contributed by atoms with van der Waals surface area (Å²) in [6.07, 6.45) is 0. The number of benzene rings is 2. The lowest BCUT2D eigenvalue weighted by atomic mass is 9.95. The highest BCUT2D eigenvalue weighted by atomic mass is 32.1. The van der Waals surface area contributed by atoms with E-state index >= 15 is 0 Å². The Bertz CT molecular complexity index is 766. The Labute approximate surface area is 129 Å². The minimum Gasteiger partial charge on any atom is -0.378 e. The predicted octanol–water partition coefficient (Wildman–Crippen LogP) is 5.39. The van der Waals surface area contributed by atoms with Gasteiger partial charge in [-0.25, -0.2) is 4.98 Å². The monoisotopic (exact) mass is 296 g/mol. The normalized spacial score (nSPS) is 12.6. The molecule has 0 radical (unpaired) electrons. The van der Waals surface area contributed by atoms with E-state index in [1.165, 1.54) is 27.0 Å². The standard InChI is InChI=1S/C18H20N2S/c1-11-7-12(2)18(13(3)8-11)14(4)20-15-5-6-16-17(9-15)21-10-19-16/h5-10,14,20H,1-4H3. The van der Waals surface area contributed by atoms with Crippen molar-refractivity contribution in [1.29, 1.82) is 0 Å². The van der Waals surface area contributed by atoms with Crippen LogP contribution in [0.5, 0.6) is 0 Å². The maximum atomic E-state index is 4.33. The third kappa shape index (κ3) is 2.79. The van der Waals surface area contributed by atoms with Crippen molar-refractivity contribution >= 4 is 27.2 Å². The Morgan fingerprint density at radius 1 is 1.05 bits per heavy atom. The summed E-state index contributed by atoms with van der Waals surface area (Å²) in [7, 11) is 0. The smallest absolute Gasteiger partial charge is 0.0813 e. The fourth-order valence-corrected chi connectivity index (χ4v) is 3.86. The van der Waals surface area contributed by atoms with Crippen molar-refractivity contribution in [2.24, 2.45) is 0 Å². The molecule has 108 valence electrons. The van der Waals surface area contributed by atoms with Crippen LogP contribution in [0.3, 0.4) is 0 Å². The molecule has 21 heavy (non-hydrogen) atoms. The van der Waals surface area contributed by atoms with Crippen molar-refractivity contribution in [3.63, 3.8) is 0 Å². The minimum atomic E-state index is 0.288. The molecule has 1 aromatic heterocycles. The molecule has 0 saturated heterocycles. The van der Waals surface area contributed by atoms with Gasteiger partial charge in [-0.15, -0.1) is 11.3 Å². The SMILES string of the molecule is Cc1cc(C)c(C(C)Nc2ccc3ncsc3c2)c(C)c1. The molecule has 0 saturated carbocycles. The first-order valence-electron chi connectivity index (χ1n) is 7.22. The van der Waals surface area contributed by atoms with Crippen LogP contribution in [-0.2, 0) is 0 Å². The molecule has 3 aromatic rings. The zero-order valence-corrected chi connectivity index (χ0v) is 13.7. The van der Waals surface area contributed by atoms with Crippen LogP contribution in [0.15, 0.2) is 35.8 Å². The van der Waals surface area contributed by atoms with Crippen LogP contribution in [0.25, 0.3) is 10.2 Å². The van der Waals surface area contributed by atoms with E-state index in [0.717, 1.165) is 11.2 Å². The van der Waals surface area contributed by atoms with Gasteiger partial charge in [-0.1, -0.05) is 17.7 Å². The van der Waals surface area contributed by atoms with Gasteiger partial charge >= 0.3 is 0 Å². The van der Waals surface area contributed by atoms with Crippen LogP contribution in [0.2, 0.25) is 0 Å². The summed E-state index contributed by atoms with van der Waals surface area (Å²) in [4.78, 5) is 4.33. The fraction of sp³-hybridized carbons (Fsp3) is 0.278. The molecule has 0 fully saturated rings. The largest absolute Gasteiger partial charge is 0.378 e. The topological polar surface area (TPSA) is 24.9 Å². The molecule has 2 aromatic carbocycles. The first-order valence-corrected chi connectivity index (χ1v) is 8.10. The Hall–Kier alpha value is -1.87. The third-order valence-corrected chi connectivity index (χ3v) is 4.68. The molecule has 1 atom stereocenters. The van der Waals surface area contributed by atoms with E-state index in [9.17, 15) is 0 Å². The summed E-state index contributed by atoms with van der Waals surface area (Å²) in [5.41, 5.74) is 9.54. The average molecular weight is 296 g/mol. The van der Waals surface area contributed by atoms with Gasteiger partial charge in [-0.05, 0) is 62.6 Å². The van der Waals surface area contributed by atoms with Crippen molar-refractivity contribution in [3.05, 3.63) is 58.1 Å². The third-order valence-electron chi connectivity index (χ3n) is 3.89. The van der Waals surface area contributed by atoms with Gasteiger partial charge in [0.2, 0.25) is 0 Å². The second kappa shape index (κ2) is 5.49. The van der Waals surface area contributed by atoms with Gasteiger partial charge in [0.15, 0.2) is 0 Å². The summed E-state index contributed by atoms with van der Waals surface area (Å²) in [6.45, 7) is 8.76. The molecule has 0 aliphatic heterocycles. The number of hydrogen-bond acceptors (Lipinski definition) is 3. The second-order valence-corrected chi connectivity index (χ2v) is 6.60. The molecule has 0 aliphatic rings. The number of hydrogen-bond donors (Lipinski definition) is 1. The molecule has 0 aliphatic carbocycles. The van der Waals surface area contributed by atoms with Gasteiger partial charge in [-0.2, -0.15) is 0 Å². The Morgan fingerprint density at radius 2 is 1.76 bits per heavy atom. The summed E-state index contributed by atoms with van der Waals surface area (Å²) >= 11 is 1.68. The van der Waals surface area contributed by atoms with Crippen LogP contribution in [0, 0.1) is 20.8 Å². The highest BCUT2D eigenvalue weighted by molar-refractivity contribution is 7.16. The van der Waals surface area contributed by atoms with E-state index in [1.807, 2.05) is 5.51 Å². The summed E-state index contributed by atoms with van der Waals surface area (Å²) < 4.78 is 1.23. The lowest BCUT2D eigenvalue weighted by molar-refractivity contribution is 0.862. The molecule has 0 amide bonds. The van der Waals surface area contributed by atoms with E-state index in [2.05, 4.69) is 68.3 Å². The molecular weight excluding hydrogens is 276 g/mol. The van der Waals surface area contributed by atoms with Gasteiger partial charge < -0.3 is 5.32 Å². The number of aromatic nitrogens is 1. The number of thiazole rings is 1. The number of nitrogens with one attached hydrogen (secondary N) is 1. The quantitative estimate of drug-likeness (QED) is 0.700. The molecule has 1 unspecified atom stereocenters. The van der Waals surface area contributed by atoms with Crippen LogP contribution in [-0.4, -0.2) is 4.98 Å². The summed E-state index contributed by atoms with van der Waals surface area (Å²) in [5.74, 6) is 0. The lowest BCUT2D eigenvalue weighted by Gasteiger charge is -2.21. The molecule has 1 N–H and O–H groups in total. The van der Waals surface area contributed by atoms with Crippen LogP contribution >= 0.6 is 11.3 Å². The van der Waals surface area contributed by atoms with E-state index in [0.29, 0.717) is 0 Å². The zero-order valence-electron chi connectivity index (χ0n) is 12.9. The average Bonchev–Trinajstić information content (AvgIpc) is 2.84. The van der Waals surface area contributed by atoms with Gasteiger partial charge in [0.1, 0.15) is 0 Å². The Kier molecular flexibility index (Phi) is 3.68. The van der Waals surface area contributed by atoms with Gasteiger partial charge in [0, 0.05) is 11.7 Å². The van der Waals surface area contributed by atoms with E-state index in [4.69, 9.17) is 0 Å². The molecule has 2 nitrogen and oxygen atoms in total. The first kappa shape index (κ1) is 14.1. The number of aryl methyl sites for hydroxylation is 3. The number of anilines is 1. The van der Waals surface area contributed by atoms with Crippen molar-refractivity contribution in [1.82, 2.24) is 4.98 Å². The number of fused-ring (bicyclic) bond motifs is 1. The first-order chi connectivity index (χ1) is 10.0. The van der Waals surface area contributed by atoms with E-state index < -0.39 is 0 Å². The lowest BCUT2D eigenvalue weighted by Crippen LogP contribution is -2.10. The highest BCUT2D eigenvalue weighted by Gasteiger charge is 2.12. The summed E-state index contributed by atoms with van der Waals surface area (Å²) in [5, 5.41) is 3.62. The molecular formula is C18H20N2S.